The summed E-state index contributed by atoms with van der Waals surface area (Å²) in [6.07, 6.45) is 0. The van der Waals surface area contributed by atoms with E-state index in [1.165, 1.54) is 12.1 Å². The molecule has 0 fully saturated rings. The minimum absolute atomic E-state index is 0.385. The maximum absolute atomic E-state index is 15.1. The Balaban J connectivity index is 1.62. The molecule has 0 aliphatic carbocycles. The molecular weight excluding hydrogens is 572 g/mol. The quantitative estimate of drug-likeness (QED) is 0.198. The molecule has 3 nitrogen and oxygen atoms in total. The van der Waals surface area contributed by atoms with E-state index in [1.54, 1.807) is 0 Å². The topological polar surface area (TPSA) is 33.6 Å². The average molecular weight is 602 g/mol. The van der Waals surface area contributed by atoms with Crippen LogP contribution in [0.2, 0.25) is 0 Å². The number of nitrogens with zero attached hydrogens (tertiary/aromatic N) is 3. The molecule has 0 saturated heterocycles. The van der Waals surface area contributed by atoms with Crippen molar-refractivity contribution in [2.75, 3.05) is 0 Å². The molecule has 0 unspecified atom stereocenters. The molecule has 46 heavy (non-hydrogen) atoms. The second-order valence-electron chi connectivity index (χ2n) is 12.4. The molecule has 6 aromatic carbocycles. The van der Waals surface area contributed by atoms with E-state index in [4.69, 9.17) is 0 Å². The first-order valence-corrected chi connectivity index (χ1v) is 15.3. The standard InChI is InChI=1S/C41H29F2N3/c1-23-5-9-35-31(13-23)32-14-24(2)6-10-36(32)45(35)39-17-27(22-44)18-40(41(39)28-19-29(42)21-30(43)20-28)46-37-11-7-25(3)15-33(37)34-16-26(4)8-12-38(34)46/h5-21H,1-4H3. The fourth-order valence-corrected chi connectivity index (χ4v) is 7.04. The van der Waals surface area contributed by atoms with Crippen LogP contribution in [-0.2, 0) is 0 Å². The molecule has 0 atom stereocenters. The summed E-state index contributed by atoms with van der Waals surface area (Å²) in [5.41, 5.74) is 11.1. The molecule has 0 bridgehead atoms. The van der Waals surface area contributed by atoms with Gasteiger partial charge in [0.25, 0.3) is 0 Å². The van der Waals surface area contributed by atoms with Gasteiger partial charge >= 0.3 is 0 Å². The fourth-order valence-electron chi connectivity index (χ4n) is 7.04. The van der Waals surface area contributed by atoms with Gasteiger partial charge in [0, 0.05) is 33.2 Å². The Labute approximate surface area is 265 Å². The lowest BCUT2D eigenvalue weighted by atomic mass is 9.97. The zero-order chi connectivity index (χ0) is 31.9. The molecule has 2 heterocycles. The van der Waals surface area contributed by atoms with Crippen LogP contribution >= 0.6 is 0 Å². The van der Waals surface area contributed by atoms with Crippen molar-refractivity contribution >= 4 is 43.6 Å². The molecule has 5 heteroatoms. The predicted molar refractivity (Wildman–Crippen MR) is 184 cm³/mol. The first-order valence-electron chi connectivity index (χ1n) is 15.3. The summed E-state index contributed by atoms with van der Waals surface area (Å²) >= 11 is 0. The Morgan fingerprint density at radius 2 is 0.826 bits per heavy atom. The van der Waals surface area contributed by atoms with Crippen LogP contribution in [0.4, 0.5) is 8.78 Å². The van der Waals surface area contributed by atoms with E-state index >= 15 is 8.78 Å². The molecule has 0 aliphatic rings. The summed E-state index contributed by atoms with van der Waals surface area (Å²) in [6.45, 7) is 8.28. The Kier molecular flexibility index (Phi) is 6.13. The third-order valence-electron chi connectivity index (χ3n) is 9.01. The Bertz CT molecular complexity index is 2330. The molecule has 0 aliphatic heterocycles. The molecular formula is C41H29F2N3. The zero-order valence-electron chi connectivity index (χ0n) is 25.9. The highest BCUT2D eigenvalue weighted by Gasteiger charge is 2.24. The van der Waals surface area contributed by atoms with Crippen LogP contribution in [0.5, 0.6) is 0 Å². The van der Waals surface area contributed by atoms with Crippen molar-refractivity contribution in [3.63, 3.8) is 0 Å². The number of hydrogen-bond acceptors (Lipinski definition) is 1. The van der Waals surface area contributed by atoms with Gasteiger partial charge in [-0.1, -0.05) is 46.5 Å². The van der Waals surface area contributed by atoms with Gasteiger partial charge in [0.15, 0.2) is 0 Å². The molecule has 0 amide bonds. The maximum Gasteiger partial charge on any atom is 0.126 e. The molecule has 0 spiro atoms. The van der Waals surface area contributed by atoms with E-state index < -0.39 is 11.6 Å². The normalized spacial score (nSPS) is 11.7. The van der Waals surface area contributed by atoms with Gasteiger partial charge in [0.1, 0.15) is 11.6 Å². The summed E-state index contributed by atoms with van der Waals surface area (Å²) < 4.78 is 34.4. The minimum atomic E-state index is -0.668. The number of rotatable bonds is 3. The number of nitriles is 1. The van der Waals surface area contributed by atoms with E-state index in [-0.39, 0.29) is 0 Å². The number of aromatic nitrogens is 2. The van der Waals surface area contributed by atoms with Gasteiger partial charge in [-0.3, -0.25) is 0 Å². The molecule has 222 valence electrons. The van der Waals surface area contributed by atoms with Crippen LogP contribution in [0.1, 0.15) is 27.8 Å². The second-order valence-corrected chi connectivity index (χ2v) is 12.4. The highest BCUT2D eigenvalue weighted by Crippen LogP contribution is 2.43. The molecule has 8 aromatic rings. The average Bonchev–Trinajstić information content (AvgIpc) is 3.51. The number of halogens is 2. The smallest absolute Gasteiger partial charge is 0.126 e. The SMILES string of the molecule is Cc1ccc2c(c1)c1cc(C)ccc1n2-c1cc(C#N)cc(-n2c3ccc(C)cc3c3cc(C)ccc32)c1-c1cc(F)cc(F)c1. The van der Waals surface area contributed by atoms with E-state index in [0.29, 0.717) is 28.1 Å². The Morgan fingerprint density at radius 3 is 1.15 bits per heavy atom. The molecule has 8 rings (SSSR count). The summed E-state index contributed by atoms with van der Waals surface area (Å²) in [7, 11) is 0. The first-order chi connectivity index (χ1) is 22.2. The van der Waals surface area contributed by atoms with Crippen molar-refractivity contribution in [2.45, 2.75) is 27.7 Å². The highest BCUT2D eigenvalue weighted by molar-refractivity contribution is 6.12. The van der Waals surface area contributed by atoms with Crippen LogP contribution in [0.3, 0.4) is 0 Å². The van der Waals surface area contributed by atoms with E-state index in [2.05, 4.69) is 116 Å². The monoisotopic (exact) mass is 601 g/mol. The predicted octanol–water partition coefficient (Wildman–Crippen LogP) is 10.9. The van der Waals surface area contributed by atoms with Gasteiger partial charge in [-0.2, -0.15) is 5.26 Å². The van der Waals surface area contributed by atoms with Crippen LogP contribution in [-0.4, -0.2) is 9.13 Å². The summed E-state index contributed by atoms with van der Waals surface area (Å²) in [6, 6.07) is 35.0. The van der Waals surface area contributed by atoms with Gasteiger partial charge in [-0.05, 0) is 106 Å². The van der Waals surface area contributed by atoms with Crippen molar-refractivity contribution in [1.82, 2.24) is 9.13 Å². The van der Waals surface area contributed by atoms with E-state index in [0.717, 1.165) is 71.9 Å². The summed E-state index contributed by atoms with van der Waals surface area (Å²) in [5, 5.41) is 14.7. The van der Waals surface area contributed by atoms with Crippen molar-refractivity contribution in [3.8, 4) is 28.6 Å². The van der Waals surface area contributed by atoms with Gasteiger partial charge in [-0.25, -0.2) is 8.78 Å². The largest absolute Gasteiger partial charge is 0.308 e. The second kappa shape index (κ2) is 10.2. The summed E-state index contributed by atoms with van der Waals surface area (Å²) in [4.78, 5) is 0. The van der Waals surface area contributed by atoms with E-state index in [1.807, 2.05) is 12.1 Å². The number of fused-ring (bicyclic) bond motifs is 6. The van der Waals surface area contributed by atoms with Crippen LogP contribution in [0.15, 0.2) is 103 Å². The van der Waals surface area contributed by atoms with Crippen LogP contribution in [0.25, 0.3) is 66.1 Å². The number of benzene rings is 6. The molecule has 0 N–H and O–H groups in total. The number of hydrogen-bond donors (Lipinski definition) is 0. The third-order valence-corrected chi connectivity index (χ3v) is 9.01. The van der Waals surface area contributed by atoms with Gasteiger partial charge in [0.05, 0.1) is 45.1 Å². The lowest BCUT2D eigenvalue weighted by Crippen LogP contribution is -2.05. The lowest BCUT2D eigenvalue weighted by molar-refractivity contribution is 0.584. The highest BCUT2D eigenvalue weighted by atomic mass is 19.1. The van der Waals surface area contributed by atoms with Crippen LogP contribution in [0, 0.1) is 50.7 Å². The van der Waals surface area contributed by atoms with Gasteiger partial charge in [-0.15, -0.1) is 0 Å². The fraction of sp³-hybridized carbons (Fsp3) is 0.0976. The molecule has 0 radical (unpaired) electrons. The Hall–Kier alpha value is -5.73. The Morgan fingerprint density at radius 1 is 0.478 bits per heavy atom. The van der Waals surface area contributed by atoms with Crippen molar-refractivity contribution in [3.05, 3.63) is 143 Å². The zero-order valence-corrected chi connectivity index (χ0v) is 25.9. The molecule has 0 saturated carbocycles. The van der Waals surface area contributed by atoms with Gasteiger partial charge in [0.2, 0.25) is 0 Å². The maximum atomic E-state index is 15.1. The number of aryl methyl sites for hydroxylation is 4. The van der Waals surface area contributed by atoms with Crippen molar-refractivity contribution in [1.29, 1.82) is 5.26 Å². The molecule has 2 aromatic heterocycles. The van der Waals surface area contributed by atoms with E-state index in [9.17, 15) is 5.26 Å². The van der Waals surface area contributed by atoms with Crippen LogP contribution < -0.4 is 0 Å². The minimum Gasteiger partial charge on any atom is -0.308 e. The summed E-state index contributed by atoms with van der Waals surface area (Å²) in [5.74, 6) is -1.34. The van der Waals surface area contributed by atoms with Crippen molar-refractivity contribution < 1.29 is 8.78 Å². The first kappa shape index (κ1) is 27.8. The lowest BCUT2D eigenvalue weighted by Gasteiger charge is -2.21. The van der Waals surface area contributed by atoms with Crippen molar-refractivity contribution in [2.24, 2.45) is 0 Å². The third kappa shape index (κ3) is 4.22. The van der Waals surface area contributed by atoms with Gasteiger partial charge < -0.3 is 9.13 Å².